The number of hydrogen-bond donors (Lipinski definition) is 1. The van der Waals surface area contributed by atoms with Crippen molar-refractivity contribution < 1.29 is 5.11 Å². The summed E-state index contributed by atoms with van der Waals surface area (Å²) in [6, 6.07) is 2.53. The Hall–Kier alpha value is -1.66. The van der Waals surface area contributed by atoms with Gasteiger partial charge in [0.05, 0.1) is 24.9 Å². The van der Waals surface area contributed by atoms with Crippen molar-refractivity contribution in [3.05, 3.63) is 35.4 Å². The van der Waals surface area contributed by atoms with Gasteiger partial charge in [0.25, 0.3) is 0 Å². The van der Waals surface area contributed by atoms with E-state index in [0.29, 0.717) is 12.6 Å². The van der Waals surface area contributed by atoms with Gasteiger partial charge in [0.2, 0.25) is 0 Å². The summed E-state index contributed by atoms with van der Waals surface area (Å²) < 4.78 is 4.01. The van der Waals surface area contributed by atoms with E-state index in [9.17, 15) is 0 Å². The number of piperidine rings is 1. The molecule has 6 heteroatoms. The van der Waals surface area contributed by atoms with E-state index >= 15 is 0 Å². The third-order valence-corrected chi connectivity index (χ3v) is 4.68. The molecule has 0 spiro atoms. The van der Waals surface area contributed by atoms with Gasteiger partial charge in [-0.1, -0.05) is 0 Å². The van der Waals surface area contributed by atoms with Crippen LogP contribution in [0.25, 0.3) is 0 Å². The van der Waals surface area contributed by atoms with Gasteiger partial charge in [-0.05, 0) is 32.8 Å². The number of likely N-dealkylation sites (tertiary alicyclic amines) is 1. The third-order valence-electron chi connectivity index (χ3n) is 4.68. The summed E-state index contributed by atoms with van der Waals surface area (Å²) in [6.07, 6.45) is 6.21. The summed E-state index contributed by atoms with van der Waals surface area (Å²) in [5.41, 5.74) is 3.58. The van der Waals surface area contributed by atoms with E-state index in [1.807, 2.05) is 16.9 Å². The van der Waals surface area contributed by atoms with Crippen LogP contribution in [0, 0.1) is 13.8 Å². The molecule has 1 fully saturated rings. The summed E-state index contributed by atoms with van der Waals surface area (Å²) in [5.74, 6) is 0. The number of aryl methyl sites for hydroxylation is 1. The predicted molar refractivity (Wildman–Crippen MR) is 84.6 cm³/mol. The van der Waals surface area contributed by atoms with E-state index in [1.54, 1.807) is 0 Å². The lowest BCUT2D eigenvalue weighted by Crippen LogP contribution is -2.34. The Morgan fingerprint density at radius 3 is 2.68 bits per heavy atom. The number of aliphatic hydroxyl groups is 1. The van der Waals surface area contributed by atoms with Crippen molar-refractivity contribution in [2.45, 2.75) is 45.8 Å². The second-order valence-corrected chi connectivity index (χ2v) is 6.09. The molecule has 1 saturated heterocycles. The largest absolute Gasteiger partial charge is 0.394 e. The van der Waals surface area contributed by atoms with E-state index < -0.39 is 0 Å². The minimum atomic E-state index is 0.136. The van der Waals surface area contributed by atoms with E-state index in [4.69, 9.17) is 5.11 Å². The van der Waals surface area contributed by atoms with Crippen molar-refractivity contribution in [2.75, 3.05) is 19.7 Å². The lowest BCUT2D eigenvalue weighted by atomic mass is 10.0. The highest BCUT2D eigenvalue weighted by Gasteiger charge is 2.22. The Kier molecular flexibility index (Phi) is 4.59. The van der Waals surface area contributed by atoms with Gasteiger partial charge in [-0.3, -0.25) is 14.3 Å². The summed E-state index contributed by atoms with van der Waals surface area (Å²) in [4.78, 5) is 2.50. The maximum Gasteiger partial charge on any atom is 0.0644 e. The molecule has 1 N–H and O–H groups in total. The molecule has 3 heterocycles. The Bertz CT molecular complexity index is 596. The Balaban J connectivity index is 1.61. The van der Waals surface area contributed by atoms with Gasteiger partial charge in [0.15, 0.2) is 0 Å². The van der Waals surface area contributed by atoms with Crippen LogP contribution in [0.2, 0.25) is 0 Å². The summed E-state index contributed by atoms with van der Waals surface area (Å²) in [6.45, 7) is 8.01. The van der Waals surface area contributed by atoms with Crippen LogP contribution >= 0.6 is 0 Å². The standard InChI is InChI=1S/C16H25N5O/c1-13-16(14(2)20(18-13)10-11-22)12-19-8-4-15(5-9-19)21-7-3-6-17-21/h3,6-7,15,22H,4-5,8-12H2,1-2H3. The molecule has 0 aromatic carbocycles. The lowest BCUT2D eigenvalue weighted by molar-refractivity contribution is 0.172. The zero-order valence-electron chi connectivity index (χ0n) is 13.4. The molecule has 0 atom stereocenters. The lowest BCUT2D eigenvalue weighted by Gasteiger charge is -2.32. The van der Waals surface area contributed by atoms with Crippen LogP contribution in [-0.2, 0) is 13.1 Å². The smallest absolute Gasteiger partial charge is 0.0644 e. The summed E-state index contributed by atoms with van der Waals surface area (Å²) >= 11 is 0. The monoisotopic (exact) mass is 303 g/mol. The van der Waals surface area contributed by atoms with Crippen molar-refractivity contribution in [3.8, 4) is 0 Å². The molecule has 0 saturated carbocycles. The maximum absolute atomic E-state index is 9.11. The zero-order valence-corrected chi connectivity index (χ0v) is 13.4. The quantitative estimate of drug-likeness (QED) is 0.910. The maximum atomic E-state index is 9.11. The molecule has 0 radical (unpaired) electrons. The molecule has 0 amide bonds. The topological polar surface area (TPSA) is 59.1 Å². The number of nitrogens with zero attached hydrogens (tertiary/aromatic N) is 5. The first-order valence-corrected chi connectivity index (χ1v) is 8.04. The molecule has 0 aliphatic carbocycles. The van der Waals surface area contributed by atoms with E-state index in [0.717, 1.165) is 38.2 Å². The van der Waals surface area contributed by atoms with Gasteiger partial charge in [-0.2, -0.15) is 10.2 Å². The Morgan fingerprint density at radius 1 is 1.27 bits per heavy atom. The molecule has 6 nitrogen and oxygen atoms in total. The van der Waals surface area contributed by atoms with Crippen LogP contribution in [0.1, 0.15) is 35.8 Å². The second-order valence-electron chi connectivity index (χ2n) is 6.09. The van der Waals surface area contributed by atoms with Crippen molar-refractivity contribution in [1.29, 1.82) is 0 Å². The SMILES string of the molecule is Cc1nn(CCO)c(C)c1CN1CCC(n2cccn2)CC1. The van der Waals surface area contributed by atoms with Crippen molar-refractivity contribution in [2.24, 2.45) is 0 Å². The number of aliphatic hydroxyl groups excluding tert-OH is 1. The molecular weight excluding hydrogens is 278 g/mol. The molecule has 2 aromatic rings. The van der Waals surface area contributed by atoms with Crippen molar-refractivity contribution >= 4 is 0 Å². The summed E-state index contributed by atoms with van der Waals surface area (Å²) in [5, 5.41) is 18.0. The molecule has 1 aliphatic rings. The van der Waals surface area contributed by atoms with Crippen molar-refractivity contribution in [3.63, 3.8) is 0 Å². The van der Waals surface area contributed by atoms with Crippen LogP contribution in [0.3, 0.4) is 0 Å². The Labute approximate surface area is 131 Å². The van der Waals surface area contributed by atoms with Crippen LogP contribution in [0.15, 0.2) is 18.5 Å². The first-order chi connectivity index (χ1) is 10.7. The minimum absolute atomic E-state index is 0.136. The highest BCUT2D eigenvalue weighted by Crippen LogP contribution is 2.24. The van der Waals surface area contributed by atoms with E-state index in [1.165, 1.54) is 11.3 Å². The van der Waals surface area contributed by atoms with Gasteiger partial charge < -0.3 is 5.11 Å². The molecule has 3 rings (SSSR count). The van der Waals surface area contributed by atoms with Crippen LogP contribution < -0.4 is 0 Å². The van der Waals surface area contributed by atoms with E-state index in [-0.39, 0.29) is 6.61 Å². The van der Waals surface area contributed by atoms with Gasteiger partial charge in [-0.25, -0.2) is 0 Å². The normalized spacial score (nSPS) is 17.2. The zero-order chi connectivity index (χ0) is 15.5. The minimum Gasteiger partial charge on any atom is -0.394 e. The average molecular weight is 303 g/mol. The first-order valence-electron chi connectivity index (χ1n) is 8.04. The van der Waals surface area contributed by atoms with Crippen LogP contribution in [0.5, 0.6) is 0 Å². The molecular formula is C16H25N5O. The fourth-order valence-electron chi connectivity index (χ4n) is 3.34. The third kappa shape index (κ3) is 3.08. The van der Waals surface area contributed by atoms with Gasteiger partial charge in [-0.15, -0.1) is 0 Å². The molecule has 0 unspecified atom stereocenters. The molecule has 120 valence electrons. The fraction of sp³-hybridized carbons (Fsp3) is 0.625. The molecule has 0 bridgehead atoms. The van der Waals surface area contributed by atoms with Crippen LogP contribution in [0.4, 0.5) is 0 Å². The van der Waals surface area contributed by atoms with Gasteiger partial charge >= 0.3 is 0 Å². The molecule has 22 heavy (non-hydrogen) atoms. The van der Waals surface area contributed by atoms with Crippen molar-refractivity contribution in [1.82, 2.24) is 24.5 Å². The number of aromatic nitrogens is 4. The van der Waals surface area contributed by atoms with Gasteiger partial charge in [0.1, 0.15) is 0 Å². The predicted octanol–water partition coefficient (Wildman–Crippen LogP) is 1.53. The fourth-order valence-corrected chi connectivity index (χ4v) is 3.34. The average Bonchev–Trinajstić information content (AvgIpc) is 3.13. The highest BCUT2D eigenvalue weighted by molar-refractivity contribution is 5.24. The number of hydrogen-bond acceptors (Lipinski definition) is 4. The highest BCUT2D eigenvalue weighted by atomic mass is 16.3. The van der Waals surface area contributed by atoms with E-state index in [2.05, 4.69) is 39.8 Å². The number of rotatable bonds is 5. The second kappa shape index (κ2) is 6.62. The molecule has 2 aromatic heterocycles. The van der Waals surface area contributed by atoms with Crippen LogP contribution in [-0.4, -0.2) is 49.3 Å². The Morgan fingerprint density at radius 2 is 2.05 bits per heavy atom. The molecule has 1 aliphatic heterocycles. The van der Waals surface area contributed by atoms with Gasteiger partial charge in [0, 0.05) is 43.3 Å². The summed E-state index contributed by atoms with van der Waals surface area (Å²) in [7, 11) is 0. The first kappa shape index (κ1) is 15.2.